The summed E-state index contributed by atoms with van der Waals surface area (Å²) in [6.07, 6.45) is 4.72. The molecule has 0 bridgehead atoms. The van der Waals surface area contributed by atoms with Gasteiger partial charge >= 0.3 is 5.97 Å². The van der Waals surface area contributed by atoms with E-state index in [2.05, 4.69) is 10.6 Å². The first-order valence-electron chi connectivity index (χ1n) is 7.86. The van der Waals surface area contributed by atoms with E-state index in [9.17, 15) is 4.79 Å². The maximum Gasteiger partial charge on any atom is 0.338 e. The number of rotatable bonds is 5. The average Bonchev–Trinajstić information content (AvgIpc) is 2.50. The third kappa shape index (κ3) is 3.97. The fourth-order valence-electron chi connectivity index (χ4n) is 2.97. The minimum atomic E-state index is -0.238. The van der Waals surface area contributed by atoms with E-state index in [-0.39, 0.29) is 5.97 Å². The molecule has 1 saturated carbocycles. The summed E-state index contributed by atoms with van der Waals surface area (Å²) in [6, 6.07) is 6.93. The highest BCUT2D eigenvalue weighted by atomic mass is 16.5. The quantitative estimate of drug-likeness (QED) is 0.818. The summed E-state index contributed by atoms with van der Waals surface area (Å²) >= 11 is 0. The Balaban J connectivity index is 2.04. The van der Waals surface area contributed by atoms with Crippen LogP contribution < -0.4 is 10.6 Å². The van der Waals surface area contributed by atoms with Crippen molar-refractivity contribution in [3.05, 3.63) is 29.3 Å². The molecule has 4 nitrogen and oxygen atoms in total. The summed E-state index contributed by atoms with van der Waals surface area (Å²) in [4.78, 5) is 11.9. The van der Waals surface area contributed by atoms with Crippen LogP contribution >= 0.6 is 0 Å². The van der Waals surface area contributed by atoms with Gasteiger partial charge in [-0.3, -0.25) is 0 Å². The highest BCUT2D eigenvalue weighted by Gasteiger charge is 2.21. The van der Waals surface area contributed by atoms with E-state index in [1.54, 1.807) is 0 Å². The lowest BCUT2D eigenvalue weighted by atomic mass is 9.91. The third-order valence-corrected chi connectivity index (χ3v) is 4.32. The van der Waals surface area contributed by atoms with Crippen molar-refractivity contribution in [2.75, 3.05) is 19.0 Å². The van der Waals surface area contributed by atoms with Crippen LogP contribution in [0.2, 0.25) is 0 Å². The van der Waals surface area contributed by atoms with Gasteiger partial charge in [-0.2, -0.15) is 0 Å². The molecule has 0 radical (unpaired) electrons. The average molecular weight is 290 g/mol. The van der Waals surface area contributed by atoms with Gasteiger partial charge in [-0.25, -0.2) is 4.79 Å². The third-order valence-electron chi connectivity index (χ3n) is 4.32. The molecule has 1 aromatic rings. The van der Waals surface area contributed by atoms with Gasteiger partial charge in [0.05, 0.1) is 12.2 Å². The number of esters is 1. The van der Waals surface area contributed by atoms with Crippen LogP contribution in [0.15, 0.2) is 18.2 Å². The van der Waals surface area contributed by atoms with Gasteiger partial charge in [0, 0.05) is 17.8 Å². The standard InChI is InChI=1S/C17H26N2O2/c1-4-21-17(20)15-6-5-7-16(12(15)2)19-14-10-8-13(18-3)9-11-14/h5-7,13-14,18-19H,4,8-11H2,1-3H3. The van der Waals surface area contributed by atoms with Crippen LogP contribution in [0.1, 0.15) is 48.5 Å². The molecular formula is C17H26N2O2. The van der Waals surface area contributed by atoms with Gasteiger partial charge in [-0.1, -0.05) is 6.07 Å². The Morgan fingerprint density at radius 1 is 1.24 bits per heavy atom. The van der Waals surface area contributed by atoms with Crippen molar-refractivity contribution < 1.29 is 9.53 Å². The number of nitrogens with one attached hydrogen (secondary N) is 2. The minimum Gasteiger partial charge on any atom is -0.462 e. The lowest BCUT2D eigenvalue weighted by Crippen LogP contribution is -2.35. The SMILES string of the molecule is CCOC(=O)c1cccc(NC2CCC(NC)CC2)c1C. The van der Waals surface area contributed by atoms with Crippen molar-refractivity contribution in [3.63, 3.8) is 0 Å². The van der Waals surface area contributed by atoms with Gasteiger partial charge < -0.3 is 15.4 Å². The van der Waals surface area contributed by atoms with Crippen LogP contribution in [-0.4, -0.2) is 31.7 Å². The Morgan fingerprint density at radius 2 is 1.90 bits per heavy atom. The molecule has 1 aliphatic rings. The normalized spacial score (nSPS) is 21.9. The van der Waals surface area contributed by atoms with Crippen LogP contribution in [0.3, 0.4) is 0 Å². The lowest BCUT2D eigenvalue weighted by Gasteiger charge is -2.30. The fraction of sp³-hybridized carbons (Fsp3) is 0.588. The first kappa shape index (κ1) is 15.8. The number of hydrogen-bond donors (Lipinski definition) is 2. The molecule has 2 rings (SSSR count). The molecule has 2 N–H and O–H groups in total. The number of hydrogen-bond acceptors (Lipinski definition) is 4. The van der Waals surface area contributed by atoms with Crippen LogP contribution in [0, 0.1) is 6.92 Å². The second-order valence-corrected chi connectivity index (χ2v) is 5.68. The number of benzene rings is 1. The zero-order chi connectivity index (χ0) is 15.2. The molecule has 21 heavy (non-hydrogen) atoms. The topological polar surface area (TPSA) is 50.4 Å². The molecule has 4 heteroatoms. The van der Waals surface area contributed by atoms with Gasteiger partial charge in [0.15, 0.2) is 0 Å². The van der Waals surface area contributed by atoms with Gasteiger partial charge in [0.2, 0.25) is 0 Å². The van der Waals surface area contributed by atoms with Crippen molar-refractivity contribution >= 4 is 11.7 Å². The summed E-state index contributed by atoms with van der Waals surface area (Å²) in [5.41, 5.74) is 2.69. The monoisotopic (exact) mass is 290 g/mol. The van der Waals surface area contributed by atoms with Gasteiger partial charge in [0.25, 0.3) is 0 Å². The summed E-state index contributed by atoms with van der Waals surface area (Å²) in [5.74, 6) is -0.238. The molecule has 0 unspecified atom stereocenters. The lowest BCUT2D eigenvalue weighted by molar-refractivity contribution is 0.0525. The van der Waals surface area contributed by atoms with Crippen LogP contribution in [-0.2, 0) is 4.74 Å². The second-order valence-electron chi connectivity index (χ2n) is 5.68. The molecule has 1 aromatic carbocycles. The summed E-state index contributed by atoms with van der Waals surface area (Å²) in [6.45, 7) is 4.22. The largest absolute Gasteiger partial charge is 0.462 e. The second kappa shape index (κ2) is 7.46. The predicted octanol–water partition coefficient (Wildman–Crippen LogP) is 3.11. The Labute approximate surface area is 127 Å². The highest BCUT2D eigenvalue weighted by Crippen LogP contribution is 2.25. The van der Waals surface area contributed by atoms with E-state index in [1.807, 2.05) is 39.1 Å². The van der Waals surface area contributed by atoms with E-state index in [0.29, 0.717) is 24.3 Å². The molecule has 0 atom stereocenters. The van der Waals surface area contributed by atoms with Crippen molar-refractivity contribution in [3.8, 4) is 0 Å². The Kier molecular flexibility index (Phi) is 5.62. The van der Waals surface area contributed by atoms with Crippen LogP contribution in [0.5, 0.6) is 0 Å². The van der Waals surface area contributed by atoms with Gasteiger partial charge in [-0.05, 0) is 64.3 Å². The van der Waals surface area contributed by atoms with Gasteiger partial charge in [0.1, 0.15) is 0 Å². The Hall–Kier alpha value is -1.55. The van der Waals surface area contributed by atoms with Crippen molar-refractivity contribution in [1.82, 2.24) is 5.32 Å². The minimum absolute atomic E-state index is 0.238. The van der Waals surface area contributed by atoms with E-state index < -0.39 is 0 Å². The smallest absolute Gasteiger partial charge is 0.338 e. The maximum absolute atomic E-state index is 11.9. The first-order valence-corrected chi connectivity index (χ1v) is 7.86. The van der Waals surface area contributed by atoms with Gasteiger partial charge in [-0.15, -0.1) is 0 Å². The van der Waals surface area contributed by atoms with Crippen molar-refractivity contribution in [2.24, 2.45) is 0 Å². The maximum atomic E-state index is 11.9. The zero-order valence-corrected chi connectivity index (χ0v) is 13.2. The van der Waals surface area contributed by atoms with Crippen LogP contribution in [0.25, 0.3) is 0 Å². The molecule has 116 valence electrons. The van der Waals surface area contributed by atoms with E-state index in [1.165, 1.54) is 12.8 Å². The number of carbonyl (C=O) groups is 1. The molecule has 0 spiro atoms. The molecule has 1 aliphatic carbocycles. The zero-order valence-electron chi connectivity index (χ0n) is 13.2. The van der Waals surface area contributed by atoms with Crippen molar-refractivity contribution in [2.45, 2.75) is 51.6 Å². The summed E-state index contributed by atoms with van der Waals surface area (Å²) in [7, 11) is 2.03. The molecule has 0 amide bonds. The number of carbonyl (C=O) groups excluding carboxylic acids is 1. The van der Waals surface area contributed by atoms with E-state index in [0.717, 1.165) is 24.1 Å². The van der Waals surface area contributed by atoms with E-state index in [4.69, 9.17) is 4.74 Å². The Bertz CT molecular complexity index is 480. The van der Waals surface area contributed by atoms with Crippen molar-refractivity contribution in [1.29, 1.82) is 0 Å². The Morgan fingerprint density at radius 3 is 2.52 bits per heavy atom. The van der Waals surface area contributed by atoms with Crippen LogP contribution in [0.4, 0.5) is 5.69 Å². The first-order chi connectivity index (χ1) is 10.2. The molecule has 0 aromatic heterocycles. The fourth-order valence-corrected chi connectivity index (χ4v) is 2.97. The molecular weight excluding hydrogens is 264 g/mol. The highest BCUT2D eigenvalue weighted by molar-refractivity contribution is 5.92. The summed E-state index contributed by atoms with van der Waals surface area (Å²) in [5, 5.41) is 6.94. The number of ether oxygens (including phenoxy) is 1. The predicted molar refractivity (Wildman–Crippen MR) is 85.9 cm³/mol. The molecule has 0 heterocycles. The molecule has 0 aliphatic heterocycles. The van der Waals surface area contributed by atoms with E-state index >= 15 is 0 Å². The number of anilines is 1. The molecule has 1 fully saturated rings. The summed E-state index contributed by atoms with van der Waals surface area (Å²) < 4.78 is 5.11. The molecule has 0 saturated heterocycles.